The first-order chi connectivity index (χ1) is 9.95. The van der Waals surface area contributed by atoms with E-state index in [0.717, 1.165) is 10.1 Å². The van der Waals surface area contributed by atoms with Crippen LogP contribution in [0.3, 0.4) is 0 Å². The van der Waals surface area contributed by atoms with Gasteiger partial charge in [-0.25, -0.2) is 4.79 Å². The normalized spacial score (nSPS) is 10.7. The van der Waals surface area contributed by atoms with Crippen LogP contribution in [0.15, 0.2) is 39.9 Å². The Morgan fingerprint density at radius 3 is 2.43 bits per heavy atom. The monoisotopic (exact) mass is 307 g/mol. The molecular weight excluding hydrogens is 290 g/mol. The number of benzene rings is 1. The topological polar surface area (TPSA) is 47.2 Å². The molecule has 0 unspecified atom stereocenters. The molecule has 2 aromatic rings. The number of halogens is 1. The van der Waals surface area contributed by atoms with Crippen LogP contribution in [0.25, 0.3) is 0 Å². The maximum Gasteiger partial charge on any atom is 0.332 e. The molecule has 1 aromatic heterocycles. The van der Waals surface area contributed by atoms with E-state index in [-0.39, 0.29) is 11.2 Å². The number of rotatable bonds is 4. The molecule has 1 aromatic carbocycles. The standard InChI is InChI=1S/C15H18ClN3O2/c1-4-19(10-11-7-5-6-8-12(11)16)13-9-14(20)18(3)15(21)17(13)2/h5-9H,4,10H2,1-3H3. The van der Waals surface area contributed by atoms with Gasteiger partial charge in [-0.15, -0.1) is 0 Å². The fraction of sp³-hybridized carbons (Fsp3) is 0.333. The second kappa shape index (κ2) is 6.18. The van der Waals surface area contributed by atoms with Crippen molar-refractivity contribution in [3.05, 3.63) is 61.8 Å². The van der Waals surface area contributed by atoms with Crippen molar-refractivity contribution in [3.63, 3.8) is 0 Å². The maximum absolute atomic E-state index is 12.0. The van der Waals surface area contributed by atoms with Crippen molar-refractivity contribution in [2.24, 2.45) is 14.1 Å². The van der Waals surface area contributed by atoms with Gasteiger partial charge in [-0.1, -0.05) is 29.8 Å². The average molecular weight is 308 g/mol. The van der Waals surface area contributed by atoms with Gasteiger partial charge < -0.3 is 4.90 Å². The van der Waals surface area contributed by atoms with E-state index in [1.165, 1.54) is 17.7 Å². The van der Waals surface area contributed by atoms with Gasteiger partial charge in [0.2, 0.25) is 0 Å². The maximum atomic E-state index is 12.0. The lowest BCUT2D eigenvalue weighted by atomic mass is 10.2. The Balaban J connectivity index is 2.46. The smallest absolute Gasteiger partial charge is 0.332 e. The second-order valence-corrected chi connectivity index (χ2v) is 5.25. The predicted molar refractivity (Wildman–Crippen MR) is 85.1 cm³/mol. The lowest BCUT2D eigenvalue weighted by molar-refractivity contribution is 0.659. The van der Waals surface area contributed by atoms with Crippen LogP contribution < -0.4 is 16.1 Å². The van der Waals surface area contributed by atoms with Crippen molar-refractivity contribution in [3.8, 4) is 0 Å². The van der Waals surface area contributed by atoms with E-state index in [2.05, 4.69) is 0 Å². The van der Waals surface area contributed by atoms with Gasteiger partial charge in [-0.2, -0.15) is 0 Å². The summed E-state index contributed by atoms with van der Waals surface area (Å²) >= 11 is 6.18. The molecule has 0 saturated carbocycles. The first kappa shape index (κ1) is 15.4. The molecular formula is C15H18ClN3O2. The van der Waals surface area contributed by atoms with Crippen LogP contribution in [0.4, 0.5) is 5.82 Å². The molecule has 112 valence electrons. The highest BCUT2D eigenvalue weighted by Gasteiger charge is 2.13. The van der Waals surface area contributed by atoms with Crippen molar-refractivity contribution in [2.75, 3.05) is 11.4 Å². The molecule has 0 aliphatic carbocycles. The summed E-state index contributed by atoms with van der Waals surface area (Å²) in [6.45, 7) is 3.17. The molecule has 0 spiro atoms. The molecule has 0 saturated heterocycles. The van der Waals surface area contributed by atoms with Gasteiger partial charge in [0.1, 0.15) is 5.82 Å². The third-order valence-electron chi connectivity index (χ3n) is 3.53. The number of nitrogens with zero attached hydrogens (tertiary/aromatic N) is 3. The highest BCUT2D eigenvalue weighted by Crippen LogP contribution is 2.19. The summed E-state index contributed by atoms with van der Waals surface area (Å²) in [4.78, 5) is 25.8. The van der Waals surface area contributed by atoms with Gasteiger partial charge in [0.05, 0.1) is 0 Å². The summed E-state index contributed by atoms with van der Waals surface area (Å²) in [7, 11) is 3.13. The Morgan fingerprint density at radius 2 is 1.81 bits per heavy atom. The Bertz CT molecular complexity index is 764. The largest absolute Gasteiger partial charge is 0.354 e. The Morgan fingerprint density at radius 1 is 1.14 bits per heavy atom. The van der Waals surface area contributed by atoms with E-state index in [1.807, 2.05) is 36.1 Å². The molecule has 0 atom stereocenters. The minimum atomic E-state index is -0.338. The molecule has 0 fully saturated rings. The van der Waals surface area contributed by atoms with Gasteiger partial charge >= 0.3 is 5.69 Å². The summed E-state index contributed by atoms with van der Waals surface area (Å²) in [5.41, 5.74) is 0.301. The minimum absolute atomic E-state index is 0.314. The summed E-state index contributed by atoms with van der Waals surface area (Å²) < 4.78 is 2.56. The Labute approximate surface area is 128 Å². The zero-order valence-corrected chi connectivity index (χ0v) is 13.1. The Kier molecular flexibility index (Phi) is 4.53. The van der Waals surface area contributed by atoms with Gasteiger partial charge in [0, 0.05) is 38.3 Å². The van der Waals surface area contributed by atoms with Gasteiger partial charge in [-0.05, 0) is 18.6 Å². The summed E-state index contributed by atoms with van der Waals surface area (Å²) in [6.07, 6.45) is 0. The number of anilines is 1. The molecule has 21 heavy (non-hydrogen) atoms. The van der Waals surface area contributed by atoms with Gasteiger partial charge in [0.15, 0.2) is 0 Å². The predicted octanol–water partition coefficient (Wildman–Crippen LogP) is 1.76. The fourth-order valence-corrected chi connectivity index (χ4v) is 2.41. The van der Waals surface area contributed by atoms with Crippen LogP contribution in [0.1, 0.15) is 12.5 Å². The molecule has 2 rings (SSSR count). The highest BCUT2D eigenvalue weighted by molar-refractivity contribution is 6.31. The number of hydrogen-bond acceptors (Lipinski definition) is 3. The quantitative estimate of drug-likeness (QED) is 0.865. The fourth-order valence-electron chi connectivity index (χ4n) is 2.21. The highest BCUT2D eigenvalue weighted by atomic mass is 35.5. The zero-order chi connectivity index (χ0) is 15.6. The van der Waals surface area contributed by atoms with Crippen molar-refractivity contribution >= 4 is 17.4 Å². The minimum Gasteiger partial charge on any atom is -0.354 e. The van der Waals surface area contributed by atoms with E-state index in [0.29, 0.717) is 23.9 Å². The molecule has 0 N–H and O–H groups in total. The van der Waals surface area contributed by atoms with Crippen molar-refractivity contribution in [1.29, 1.82) is 0 Å². The summed E-state index contributed by atoms with van der Waals surface area (Å²) in [5, 5.41) is 0.671. The van der Waals surface area contributed by atoms with E-state index >= 15 is 0 Å². The molecule has 0 aliphatic heterocycles. The molecule has 6 heteroatoms. The third kappa shape index (κ3) is 3.03. The number of aromatic nitrogens is 2. The third-order valence-corrected chi connectivity index (χ3v) is 3.89. The van der Waals surface area contributed by atoms with Crippen molar-refractivity contribution < 1.29 is 0 Å². The first-order valence-electron chi connectivity index (χ1n) is 6.71. The summed E-state index contributed by atoms with van der Waals surface area (Å²) in [5.74, 6) is 0.588. The van der Waals surface area contributed by atoms with Crippen LogP contribution in [-0.4, -0.2) is 15.7 Å². The van der Waals surface area contributed by atoms with E-state index in [4.69, 9.17) is 11.6 Å². The molecule has 5 nitrogen and oxygen atoms in total. The lowest BCUT2D eigenvalue weighted by Gasteiger charge is -2.25. The first-order valence-corrected chi connectivity index (χ1v) is 7.09. The molecule has 0 aliphatic rings. The second-order valence-electron chi connectivity index (χ2n) is 4.85. The van der Waals surface area contributed by atoms with Crippen molar-refractivity contribution in [1.82, 2.24) is 9.13 Å². The molecule has 0 amide bonds. The van der Waals surface area contributed by atoms with Gasteiger partial charge in [-0.3, -0.25) is 13.9 Å². The van der Waals surface area contributed by atoms with Crippen LogP contribution in [0, 0.1) is 0 Å². The van der Waals surface area contributed by atoms with E-state index < -0.39 is 0 Å². The van der Waals surface area contributed by atoms with Crippen LogP contribution in [-0.2, 0) is 20.6 Å². The molecule has 0 bridgehead atoms. The van der Waals surface area contributed by atoms with E-state index in [9.17, 15) is 9.59 Å². The van der Waals surface area contributed by atoms with Gasteiger partial charge in [0.25, 0.3) is 5.56 Å². The Hall–Kier alpha value is -2.01. The van der Waals surface area contributed by atoms with Crippen molar-refractivity contribution in [2.45, 2.75) is 13.5 Å². The lowest BCUT2D eigenvalue weighted by Crippen LogP contribution is -2.40. The average Bonchev–Trinajstić information content (AvgIpc) is 2.48. The number of hydrogen-bond donors (Lipinski definition) is 0. The zero-order valence-electron chi connectivity index (χ0n) is 12.3. The van der Waals surface area contributed by atoms with Crippen LogP contribution >= 0.6 is 11.6 Å². The molecule has 1 heterocycles. The molecule has 0 radical (unpaired) electrons. The van der Waals surface area contributed by atoms with Crippen LogP contribution in [0.2, 0.25) is 5.02 Å². The van der Waals surface area contributed by atoms with Crippen LogP contribution in [0.5, 0.6) is 0 Å². The SMILES string of the molecule is CCN(Cc1ccccc1Cl)c1cc(=O)n(C)c(=O)n1C. The summed E-state index contributed by atoms with van der Waals surface area (Å²) in [6, 6.07) is 9.02. The van der Waals surface area contributed by atoms with E-state index in [1.54, 1.807) is 7.05 Å².